The topological polar surface area (TPSA) is 61.8 Å². The number of hydrogen-bond acceptors (Lipinski definition) is 6. The van der Waals surface area contributed by atoms with Crippen molar-refractivity contribution >= 4 is 29.0 Å². The molecule has 2 aromatic rings. The van der Waals surface area contributed by atoms with Crippen LogP contribution in [0.1, 0.15) is 10.5 Å². The zero-order valence-corrected chi connectivity index (χ0v) is 15.8. The Bertz CT molecular complexity index is 787. The summed E-state index contributed by atoms with van der Waals surface area (Å²) < 4.78 is 5.28. The molecule has 1 aromatic carbocycles. The van der Waals surface area contributed by atoms with Crippen LogP contribution in [0.4, 0.5) is 11.5 Å². The van der Waals surface area contributed by atoms with E-state index in [9.17, 15) is 4.79 Å². The third-order valence-electron chi connectivity index (χ3n) is 4.94. The van der Waals surface area contributed by atoms with Crippen molar-refractivity contribution in [3.8, 4) is 0 Å². The number of ether oxygens (including phenoxy) is 1. The third-order valence-corrected chi connectivity index (χ3v) is 5.18. The number of piperazine rings is 1. The molecule has 8 heteroatoms. The molecule has 0 unspecified atom stereocenters. The van der Waals surface area contributed by atoms with Crippen molar-refractivity contribution in [2.24, 2.45) is 0 Å². The van der Waals surface area contributed by atoms with E-state index in [2.05, 4.69) is 26.1 Å². The van der Waals surface area contributed by atoms with Crippen LogP contribution < -0.4 is 9.80 Å². The quantitative estimate of drug-likeness (QED) is 0.802. The van der Waals surface area contributed by atoms with Crippen molar-refractivity contribution in [3.05, 3.63) is 47.1 Å². The molecule has 0 bridgehead atoms. The largest absolute Gasteiger partial charge is 0.378 e. The van der Waals surface area contributed by atoms with Crippen LogP contribution in [-0.2, 0) is 4.74 Å². The molecular formula is C19H22ClN5O2. The van der Waals surface area contributed by atoms with Crippen LogP contribution in [0, 0.1) is 0 Å². The monoisotopic (exact) mass is 387 g/mol. The van der Waals surface area contributed by atoms with Crippen LogP contribution >= 0.6 is 11.6 Å². The number of carbonyl (C=O) groups is 1. The van der Waals surface area contributed by atoms with Crippen LogP contribution in [-0.4, -0.2) is 73.5 Å². The van der Waals surface area contributed by atoms with E-state index in [1.165, 1.54) is 0 Å². The Morgan fingerprint density at radius 1 is 0.926 bits per heavy atom. The van der Waals surface area contributed by atoms with Gasteiger partial charge in [0.1, 0.15) is 0 Å². The average molecular weight is 388 g/mol. The molecule has 0 radical (unpaired) electrons. The molecule has 7 nitrogen and oxygen atoms in total. The molecule has 2 aliphatic heterocycles. The molecule has 27 heavy (non-hydrogen) atoms. The molecule has 4 rings (SSSR count). The fourth-order valence-corrected chi connectivity index (χ4v) is 3.59. The molecule has 1 amide bonds. The Morgan fingerprint density at radius 3 is 2.33 bits per heavy atom. The second-order valence-electron chi connectivity index (χ2n) is 6.64. The van der Waals surface area contributed by atoms with E-state index in [0.717, 1.165) is 42.7 Å². The van der Waals surface area contributed by atoms with Gasteiger partial charge in [0.15, 0.2) is 11.5 Å². The van der Waals surface area contributed by atoms with E-state index in [0.29, 0.717) is 32.0 Å². The third kappa shape index (κ3) is 4.14. The van der Waals surface area contributed by atoms with Gasteiger partial charge in [-0.2, -0.15) is 0 Å². The zero-order chi connectivity index (χ0) is 18.6. The molecule has 0 N–H and O–H groups in total. The standard InChI is InChI=1S/C19H22ClN5O2/c20-15-2-1-3-16(14-15)23-6-8-24(9-7-23)18-5-4-17(21-22-18)19(26)25-10-12-27-13-11-25/h1-5,14H,6-13H2. The van der Waals surface area contributed by atoms with Crippen molar-refractivity contribution < 1.29 is 9.53 Å². The van der Waals surface area contributed by atoms with E-state index in [-0.39, 0.29) is 5.91 Å². The van der Waals surface area contributed by atoms with Gasteiger partial charge in [0.2, 0.25) is 0 Å². The first-order valence-electron chi connectivity index (χ1n) is 9.17. The number of benzene rings is 1. The highest BCUT2D eigenvalue weighted by Gasteiger charge is 2.22. The summed E-state index contributed by atoms with van der Waals surface area (Å²) in [4.78, 5) is 18.7. The lowest BCUT2D eigenvalue weighted by atomic mass is 10.2. The van der Waals surface area contributed by atoms with Gasteiger partial charge < -0.3 is 19.4 Å². The number of rotatable bonds is 3. The summed E-state index contributed by atoms with van der Waals surface area (Å²) >= 11 is 6.09. The molecule has 0 atom stereocenters. The van der Waals surface area contributed by atoms with Crippen molar-refractivity contribution in [2.45, 2.75) is 0 Å². The highest BCUT2D eigenvalue weighted by Crippen LogP contribution is 2.22. The minimum atomic E-state index is -0.0804. The first-order valence-corrected chi connectivity index (χ1v) is 9.55. The van der Waals surface area contributed by atoms with E-state index in [4.69, 9.17) is 16.3 Å². The molecule has 2 saturated heterocycles. The fourth-order valence-electron chi connectivity index (χ4n) is 3.40. The van der Waals surface area contributed by atoms with Gasteiger partial charge in [-0.15, -0.1) is 10.2 Å². The van der Waals surface area contributed by atoms with Gasteiger partial charge in [-0.25, -0.2) is 0 Å². The SMILES string of the molecule is O=C(c1ccc(N2CCN(c3cccc(Cl)c3)CC2)nn1)N1CCOCC1. The number of anilines is 2. The summed E-state index contributed by atoms with van der Waals surface area (Å²) in [6, 6.07) is 11.6. The number of nitrogens with zero attached hydrogens (tertiary/aromatic N) is 5. The normalized spacial score (nSPS) is 17.9. The molecule has 1 aromatic heterocycles. The Hall–Kier alpha value is -2.38. The highest BCUT2D eigenvalue weighted by atomic mass is 35.5. The van der Waals surface area contributed by atoms with Crippen LogP contribution in [0.5, 0.6) is 0 Å². The van der Waals surface area contributed by atoms with Crippen LogP contribution in [0.25, 0.3) is 0 Å². The predicted molar refractivity (Wildman–Crippen MR) is 105 cm³/mol. The van der Waals surface area contributed by atoms with Crippen molar-refractivity contribution in [1.29, 1.82) is 0 Å². The van der Waals surface area contributed by atoms with Gasteiger partial charge >= 0.3 is 0 Å². The van der Waals surface area contributed by atoms with Crippen molar-refractivity contribution in [2.75, 3.05) is 62.3 Å². The molecule has 142 valence electrons. The second kappa shape index (κ2) is 8.10. The van der Waals surface area contributed by atoms with E-state index < -0.39 is 0 Å². The first kappa shape index (κ1) is 18.0. The number of aromatic nitrogens is 2. The van der Waals surface area contributed by atoms with Gasteiger partial charge in [-0.1, -0.05) is 17.7 Å². The summed E-state index contributed by atoms with van der Waals surface area (Å²) in [5.74, 6) is 0.724. The van der Waals surface area contributed by atoms with Gasteiger partial charge in [0.25, 0.3) is 5.91 Å². The predicted octanol–water partition coefficient (Wildman–Crippen LogP) is 1.93. The van der Waals surface area contributed by atoms with Gasteiger partial charge in [-0.3, -0.25) is 4.79 Å². The molecule has 2 fully saturated rings. The van der Waals surface area contributed by atoms with Crippen molar-refractivity contribution in [3.63, 3.8) is 0 Å². The molecule has 0 spiro atoms. The maximum atomic E-state index is 12.5. The Kier molecular flexibility index (Phi) is 5.40. The molecular weight excluding hydrogens is 366 g/mol. The lowest BCUT2D eigenvalue weighted by Gasteiger charge is -2.36. The molecule has 3 heterocycles. The molecule has 0 saturated carbocycles. The molecule has 0 aliphatic carbocycles. The average Bonchev–Trinajstić information content (AvgIpc) is 2.74. The summed E-state index contributed by atoms with van der Waals surface area (Å²) in [6.45, 7) is 5.83. The van der Waals surface area contributed by atoms with Gasteiger partial charge in [0, 0.05) is 50.0 Å². The minimum absolute atomic E-state index is 0.0804. The lowest BCUT2D eigenvalue weighted by molar-refractivity contribution is 0.0298. The van der Waals surface area contributed by atoms with Gasteiger partial charge in [-0.05, 0) is 30.3 Å². The van der Waals surface area contributed by atoms with Gasteiger partial charge in [0.05, 0.1) is 13.2 Å². The second-order valence-corrected chi connectivity index (χ2v) is 7.07. The summed E-state index contributed by atoms with van der Waals surface area (Å²) in [5.41, 5.74) is 1.53. The van der Waals surface area contributed by atoms with E-state index in [1.54, 1.807) is 11.0 Å². The number of amides is 1. The lowest BCUT2D eigenvalue weighted by Crippen LogP contribution is -2.47. The smallest absolute Gasteiger partial charge is 0.274 e. The van der Waals surface area contributed by atoms with Crippen LogP contribution in [0.2, 0.25) is 5.02 Å². The van der Waals surface area contributed by atoms with Crippen molar-refractivity contribution in [1.82, 2.24) is 15.1 Å². The van der Waals surface area contributed by atoms with E-state index in [1.807, 2.05) is 24.3 Å². The van der Waals surface area contributed by atoms with Crippen LogP contribution in [0.15, 0.2) is 36.4 Å². The summed E-state index contributed by atoms with van der Waals surface area (Å²) in [5, 5.41) is 9.20. The summed E-state index contributed by atoms with van der Waals surface area (Å²) in [6.07, 6.45) is 0. The Labute approximate surface area is 163 Å². The number of carbonyl (C=O) groups excluding carboxylic acids is 1. The number of morpholine rings is 1. The Balaban J connectivity index is 1.36. The molecule has 2 aliphatic rings. The highest BCUT2D eigenvalue weighted by molar-refractivity contribution is 6.30. The summed E-state index contributed by atoms with van der Waals surface area (Å²) in [7, 11) is 0. The van der Waals surface area contributed by atoms with E-state index >= 15 is 0 Å². The zero-order valence-electron chi connectivity index (χ0n) is 15.1. The number of hydrogen-bond donors (Lipinski definition) is 0. The Morgan fingerprint density at radius 2 is 1.67 bits per heavy atom. The van der Waals surface area contributed by atoms with Crippen LogP contribution in [0.3, 0.4) is 0 Å². The number of halogens is 1. The maximum absolute atomic E-state index is 12.5. The fraction of sp³-hybridized carbons (Fsp3) is 0.421. The minimum Gasteiger partial charge on any atom is -0.378 e. The first-order chi connectivity index (χ1) is 13.2. The maximum Gasteiger partial charge on any atom is 0.274 e.